The van der Waals surface area contributed by atoms with Crippen LogP contribution in [0.15, 0.2) is 36.9 Å². The van der Waals surface area contributed by atoms with Crippen LogP contribution in [0.5, 0.6) is 0 Å². The van der Waals surface area contributed by atoms with E-state index in [1.807, 2.05) is 13.2 Å². The number of ether oxygens (including phenoxy) is 2. The predicted octanol–water partition coefficient (Wildman–Crippen LogP) is -0.0711. The summed E-state index contributed by atoms with van der Waals surface area (Å²) in [6.07, 6.45) is 4.80. The highest BCUT2D eigenvalue weighted by Crippen LogP contribution is 2.35. The van der Waals surface area contributed by atoms with Crippen molar-refractivity contribution in [2.24, 2.45) is 7.05 Å². The number of anilines is 1. The Morgan fingerprint density at radius 2 is 2.16 bits per heavy atom. The zero-order valence-electron chi connectivity index (χ0n) is 17.1. The van der Waals surface area contributed by atoms with Gasteiger partial charge in [-0.1, -0.05) is 0 Å². The number of nitrogens with zero attached hydrogens (tertiary/aromatic N) is 3. The number of aromatic nitrogens is 3. The number of hydrogen-bond donors (Lipinski definition) is 4. The lowest BCUT2D eigenvalue weighted by atomic mass is 10.1. The molecule has 2 aromatic rings. The van der Waals surface area contributed by atoms with Crippen LogP contribution in [0.3, 0.4) is 0 Å². The third kappa shape index (κ3) is 5.37. The molecule has 11 nitrogen and oxygen atoms in total. The number of carbonyl (C=O) groups excluding carboxylic acids is 2. The molecule has 4 heterocycles. The van der Waals surface area contributed by atoms with E-state index in [0.29, 0.717) is 18.7 Å². The zero-order valence-corrected chi connectivity index (χ0v) is 17.1. The van der Waals surface area contributed by atoms with Crippen LogP contribution in [0, 0.1) is 0 Å². The smallest absolute Gasteiger partial charge is 0.319 e. The van der Waals surface area contributed by atoms with Gasteiger partial charge in [0.05, 0.1) is 36.7 Å². The first-order valence-electron chi connectivity index (χ1n) is 10.2. The summed E-state index contributed by atoms with van der Waals surface area (Å²) in [6, 6.07) is 3.02. The number of pyridine rings is 1. The number of urea groups is 1. The minimum absolute atomic E-state index is 0.131. The summed E-state index contributed by atoms with van der Waals surface area (Å²) in [5.41, 5.74) is 1.49. The van der Waals surface area contributed by atoms with Gasteiger partial charge in [0.25, 0.3) is 0 Å². The lowest BCUT2D eigenvalue weighted by Gasteiger charge is -2.20. The van der Waals surface area contributed by atoms with Crippen molar-refractivity contribution < 1.29 is 24.2 Å². The van der Waals surface area contributed by atoms with E-state index >= 15 is 0 Å². The van der Waals surface area contributed by atoms with Gasteiger partial charge < -0.3 is 30.5 Å². The number of amides is 3. The minimum atomic E-state index is -0.882. The molecular weight excluding hydrogens is 404 g/mol. The standard InChI is InChI=1S/C20H26N6O5/c1-26-11-12(8-24-26)7-22-17(27)6-14-5-15-19(30-14)18(28)16(31-15)10-23-20(29)25-13-3-2-4-21-9-13/h2-4,8-9,11,14-16,18-19,28H,5-7,10H2,1H3,(H,22,27)(H2,23,25,29). The van der Waals surface area contributed by atoms with Gasteiger partial charge >= 0.3 is 6.03 Å². The van der Waals surface area contributed by atoms with Gasteiger partial charge in [0, 0.05) is 44.5 Å². The maximum absolute atomic E-state index is 12.2. The highest BCUT2D eigenvalue weighted by atomic mass is 16.6. The van der Waals surface area contributed by atoms with Crippen LogP contribution in [-0.2, 0) is 27.9 Å². The van der Waals surface area contributed by atoms with E-state index < -0.39 is 24.3 Å². The normalized spacial score (nSPS) is 27.0. The van der Waals surface area contributed by atoms with Crippen LogP contribution >= 0.6 is 0 Å². The largest absolute Gasteiger partial charge is 0.388 e. The summed E-state index contributed by atoms with van der Waals surface area (Å²) in [5, 5.41) is 22.8. The van der Waals surface area contributed by atoms with E-state index in [9.17, 15) is 14.7 Å². The molecule has 0 saturated carbocycles. The topological polar surface area (TPSA) is 140 Å². The summed E-state index contributed by atoms with van der Waals surface area (Å²) >= 11 is 0. The first kappa shape index (κ1) is 21.2. The van der Waals surface area contributed by atoms with Crippen LogP contribution < -0.4 is 16.0 Å². The number of carbonyl (C=O) groups is 2. The van der Waals surface area contributed by atoms with Crippen molar-refractivity contribution in [3.63, 3.8) is 0 Å². The second-order valence-electron chi connectivity index (χ2n) is 7.74. The third-order valence-electron chi connectivity index (χ3n) is 5.32. The monoisotopic (exact) mass is 430 g/mol. The third-order valence-corrected chi connectivity index (χ3v) is 5.32. The second-order valence-corrected chi connectivity index (χ2v) is 7.74. The molecule has 0 radical (unpaired) electrons. The highest BCUT2D eigenvalue weighted by molar-refractivity contribution is 5.88. The predicted molar refractivity (Wildman–Crippen MR) is 109 cm³/mol. The van der Waals surface area contributed by atoms with Crippen LogP contribution in [-0.4, -0.2) is 68.9 Å². The molecule has 0 aromatic carbocycles. The van der Waals surface area contributed by atoms with Crippen molar-refractivity contribution in [2.45, 2.75) is 49.9 Å². The Kier molecular flexibility index (Phi) is 6.44. The van der Waals surface area contributed by atoms with Crippen LogP contribution in [0.4, 0.5) is 10.5 Å². The van der Waals surface area contributed by atoms with E-state index in [1.54, 1.807) is 29.2 Å². The molecule has 11 heteroatoms. The maximum Gasteiger partial charge on any atom is 0.319 e. The Morgan fingerprint density at radius 1 is 1.29 bits per heavy atom. The number of aliphatic hydroxyl groups excluding tert-OH is 1. The molecule has 2 aliphatic rings. The molecule has 4 N–H and O–H groups in total. The lowest BCUT2D eigenvalue weighted by molar-refractivity contribution is -0.124. The van der Waals surface area contributed by atoms with Gasteiger partial charge in [-0.25, -0.2) is 4.79 Å². The van der Waals surface area contributed by atoms with E-state index in [4.69, 9.17) is 9.47 Å². The fraction of sp³-hybridized carbons (Fsp3) is 0.500. The molecule has 5 atom stereocenters. The highest BCUT2D eigenvalue weighted by Gasteiger charge is 2.50. The molecule has 2 aliphatic heterocycles. The van der Waals surface area contributed by atoms with Gasteiger partial charge in [-0.2, -0.15) is 5.10 Å². The number of rotatable bonds is 7. The quantitative estimate of drug-likeness (QED) is 0.482. The Morgan fingerprint density at radius 3 is 2.87 bits per heavy atom. The van der Waals surface area contributed by atoms with Crippen LogP contribution in [0.25, 0.3) is 0 Å². The molecule has 166 valence electrons. The molecule has 5 unspecified atom stereocenters. The summed E-state index contributed by atoms with van der Waals surface area (Å²) in [6.45, 7) is 0.542. The fourth-order valence-electron chi connectivity index (χ4n) is 3.86. The Hall–Kier alpha value is -3.02. The van der Waals surface area contributed by atoms with Gasteiger partial charge in [0.2, 0.25) is 5.91 Å². The Bertz CT molecular complexity index is 906. The Labute approximate surface area is 179 Å². The van der Waals surface area contributed by atoms with E-state index in [0.717, 1.165) is 5.56 Å². The molecule has 0 aliphatic carbocycles. The molecule has 2 fully saturated rings. The maximum atomic E-state index is 12.2. The lowest BCUT2D eigenvalue weighted by Crippen LogP contribution is -2.42. The second kappa shape index (κ2) is 9.41. The first-order valence-corrected chi connectivity index (χ1v) is 10.2. The van der Waals surface area contributed by atoms with Gasteiger partial charge in [-0.05, 0) is 12.1 Å². The molecule has 31 heavy (non-hydrogen) atoms. The van der Waals surface area contributed by atoms with Crippen molar-refractivity contribution in [3.05, 3.63) is 42.5 Å². The number of aryl methyl sites for hydroxylation is 1. The molecule has 2 aromatic heterocycles. The molecule has 2 saturated heterocycles. The summed E-state index contributed by atoms with van der Waals surface area (Å²) in [4.78, 5) is 28.1. The van der Waals surface area contributed by atoms with Gasteiger partial charge in [-0.15, -0.1) is 0 Å². The van der Waals surface area contributed by atoms with Crippen LogP contribution in [0.2, 0.25) is 0 Å². The van der Waals surface area contributed by atoms with E-state index in [1.165, 1.54) is 6.20 Å². The fourth-order valence-corrected chi connectivity index (χ4v) is 3.86. The van der Waals surface area contributed by atoms with Crippen molar-refractivity contribution in [1.82, 2.24) is 25.4 Å². The van der Waals surface area contributed by atoms with Crippen molar-refractivity contribution >= 4 is 17.6 Å². The van der Waals surface area contributed by atoms with Crippen molar-refractivity contribution in [2.75, 3.05) is 11.9 Å². The number of aliphatic hydroxyl groups is 1. The van der Waals surface area contributed by atoms with E-state index in [2.05, 4.69) is 26.0 Å². The Balaban J connectivity index is 1.18. The van der Waals surface area contributed by atoms with Gasteiger partial charge in [0.1, 0.15) is 18.3 Å². The van der Waals surface area contributed by atoms with E-state index in [-0.39, 0.29) is 31.1 Å². The number of hydrogen-bond acceptors (Lipinski definition) is 7. The summed E-state index contributed by atoms with van der Waals surface area (Å²) in [5.74, 6) is -0.131. The number of nitrogens with one attached hydrogen (secondary N) is 3. The molecule has 0 spiro atoms. The first-order chi connectivity index (χ1) is 15.0. The SMILES string of the molecule is Cn1cc(CNC(=O)CC2CC3OC(CNC(=O)Nc4cccnc4)C(O)C3O2)cn1. The van der Waals surface area contributed by atoms with Gasteiger partial charge in [0.15, 0.2) is 0 Å². The number of fused-ring (bicyclic) bond motifs is 1. The molecule has 0 bridgehead atoms. The van der Waals surface area contributed by atoms with Gasteiger partial charge in [-0.3, -0.25) is 14.5 Å². The molecule has 4 rings (SSSR count). The summed E-state index contributed by atoms with van der Waals surface area (Å²) < 4.78 is 13.4. The minimum Gasteiger partial charge on any atom is -0.388 e. The van der Waals surface area contributed by atoms with Crippen LogP contribution in [0.1, 0.15) is 18.4 Å². The average Bonchev–Trinajstić information content (AvgIpc) is 3.42. The summed E-state index contributed by atoms with van der Waals surface area (Å²) in [7, 11) is 1.82. The van der Waals surface area contributed by atoms with Crippen molar-refractivity contribution in [3.8, 4) is 0 Å². The van der Waals surface area contributed by atoms with Crippen molar-refractivity contribution in [1.29, 1.82) is 0 Å². The molecule has 3 amide bonds. The molecular formula is C20H26N6O5. The average molecular weight is 430 g/mol. The zero-order chi connectivity index (χ0) is 21.8.